The van der Waals surface area contributed by atoms with Crippen LogP contribution in [0.15, 0.2) is 17.2 Å². The van der Waals surface area contributed by atoms with Crippen molar-refractivity contribution in [3.05, 3.63) is 12.3 Å². The van der Waals surface area contributed by atoms with Crippen LogP contribution in [-0.4, -0.2) is 40.4 Å². The summed E-state index contributed by atoms with van der Waals surface area (Å²) in [4.78, 5) is 3.77. The summed E-state index contributed by atoms with van der Waals surface area (Å²) in [7, 11) is -5.70. The second-order valence-corrected chi connectivity index (χ2v) is 8.44. The average molecular weight is 308 g/mol. The monoisotopic (exact) mass is 308 g/mol. The van der Waals surface area contributed by atoms with Crippen molar-refractivity contribution in [1.29, 1.82) is 0 Å². The number of pyridine rings is 1. The molecule has 0 aromatic carbocycles. The number of rotatable bonds is 5. The lowest BCUT2D eigenvalue weighted by Gasteiger charge is -2.12. The summed E-state index contributed by atoms with van der Waals surface area (Å²) in [5.41, 5.74) is 0. The van der Waals surface area contributed by atoms with Crippen molar-refractivity contribution >= 4 is 25.7 Å². The summed E-state index contributed by atoms with van der Waals surface area (Å²) in [6.45, 7) is 3.09. The van der Waals surface area contributed by atoms with Crippen molar-refractivity contribution in [2.45, 2.75) is 24.0 Å². The van der Waals surface area contributed by atoms with E-state index < -0.39 is 25.1 Å². The Morgan fingerprint density at radius 1 is 1.26 bits per heavy atom. The lowest BCUT2D eigenvalue weighted by Crippen LogP contribution is -2.16. The highest BCUT2D eigenvalue weighted by molar-refractivity contribution is 7.92. The molecule has 1 N–H and O–H groups in total. The molecule has 0 aliphatic carbocycles. The lowest BCUT2D eigenvalue weighted by atomic mass is 10.4. The molecule has 0 atom stereocenters. The third-order valence-corrected chi connectivity index (χ3v) is 4.96. The van der Waals surface area contributed by atoms with Crippen LogP contribution in [0.1, 0.15) is 13.8 Å². The number of methoxy groups -OCH3 is 1. The Morgan fingerprint density at radius 2 is 1.84 bits per heavy atom. The van der Waals surface area contributed by atoms with Crippen LogP contribution in [0.4, 0.5) is 5.82 Å². The Labute approximate surface area is 113 Å². The van der Waals surface area contributed by atoms with Gasteiger partial charge in [0, 0.05) is 12.3 Å². The molecule has 0 amide bonds. The van der Waals surface area contributed by atoms with Crippen molar-refractivity contribution in [2.24, 2.45) is 0 Å². The molecule has 1 aromatic heterocycles. The SMILES string of the molecule is COc1cc(S(=O)(=O)C(C)C)cnc1NS(C)(=O)=O. The summed E-state index contributed by atoms with van der Waals surface area (Å²) in [5, 5.41) is -0.604. The number of nitrogens with zero attached hydrogens (tertiary/aromatic N) is 1. The molecule has 0 bridgehead atoms. The Kier molecular flexibility index (Phi) is 4.41. The Balaban J connectivity index is 3.32. The number of ether oxygens (including phenoxy) is 1. The maximum atomic E-state index is 12.0. The summed E-state index contributed by atoms with van der Waals surface area (Å²) in [5.74, 6) is -0.000133. The minimum Gasteiger partial charge on any atom is -0.493 e. The van der Waals surface area contributed by atoms with Crippen LogP contribution >= 0.6 is 0 Å². The van der Waals surface area contributed by atoms with Gasteiger partial charge in [0.05, 0.1) is 23.5 Å². The summed E-state index contributed by atoms with van der Waals surface area (Å²) >= 11 is 0. The maximum absolute atomic E-state index is 12.0. The van der Waals surface area contributed by atoms with E-state index in [0.717, 1.165) is 12.5 Å². The fraction of sp³-hybridized carbons (Fsp3) is 0.500. The number of sulfonamides is 1. The molecule has 1 rings (SSSR count). The standard InChI is InChI=1S/C10H16N2O5S2/c1-7(2)19(15,16)8-5-9(17-3)10(11-6-8)12-18(4,13)14/h5-7H,1-4H3,(H,11,12). The highest BCUT2D eigenvalue weighted by Crippen LogP contribution is 2.27. The predicted molar refractivity (Wildman–Crippen MR) is 71.6 cm³/mol. The fourth-order valence-corrected chi connectivity index (χ4v) is 2.78. The highest BCUT2D eigenvalue weighted by Gasteiger charge is 2.22. The molecule has 0 aliphatic heterocycles. The van der Waals surface area contributed by atoms with Crippen molar-refractivity contribution in [1.82, 2.24) is 4.98 Å². The molecular weight excluding hydrogens is 292 g/mol. The van der Waals surface area contributed by atoms with Gasteiger partial charge in [-0.15, -0.1) is 0 Å². The third kappa shape index (κ3) is 3.80. The minimum absolute atomic E-state index is 0.0154. The largest absolute Gasteiger partial charge is 0.493 e. The third-order valence-electron chi connectivity index (χ3n) is 2.28. The fourth-order valence-electron chi connectivity index (χ4n) is 1.26. The summed E-state index contributed by atoms with van der Waals surface area (Å²) in [6, 6.07) is 1.25. The van der Waals surface area contributed by atoms with Gasteiger partial charge in [0.25, 0.3) is 0 Å². The number of nitrogens with one attached hydrogen (secondary N) is 1. The van der Waals surface area contributed by atoms with E-state index in [2.05, 4.69) is 9.71 Å². The molecule has 1 aromatic rings. The van der Waals surface area contributed by atoms with Crippen LogP contribution < -0.4 is 9.46 Å². The number of aromatic nitrogens is 1. The van der Waals surface area contributed by atoms with Crippen molar-refractivity contribution < 1.29 is 21.6 Å². The molecular formula is C10H16N2O5S2. The molecule has 1 heterocycles. The van der Waals surface area contributed by atoms with Gasteiger partial charge in [0.1, 0.15) is 0 Å². The first-order valence-corrected chi connectivity index (χ1v) is 8.77. The van der Waals surface area contributed by atoms with Crippen LogP contribution in [-0.2, 0) is 19.9 Å². The van der Waals surface area contributed by atoms with Crippen LogP contribution in [0.3, 0.4) is 0 Å². The molecule has 0 radical (unpaired) electrons. The number of sulfone groups is 1. The van der Waals surface area contributed by atoms with E-state index in [1.165, 1.54) is 13.2 Å². The van der Waals surface area contributed by atoms with Gasteiger partial charge in [-0.2, -0.15) is 0 Å². The van der Waals surface area contributed by atoms with Gasteiger partial charge < -0.3 is 4.74 Å². The summed E-state index contributed by atoms with van der Waals surface area (Å²) in [6.07, 6.45) is 2.07. The van der Waals surface area contributed by atoms with Gasteiger partial charge >= 0.3 is 0 Å². The normalized spacial score (nSPS) is 12.5. The Hall–Kier alpha value is -1.35. The van der Waals surface area contributed by atoms with Gasteiger partial charge in [-0.3, -0.25) is 4.72 Å². The van der Waals surface area contributed by atoms with Crippen molar-refractivity contribution in [3.63, 3.8) is 0 Å². The first-order valence-electron chi connectivity index (χ1n) is 5.33. The molecule has 0 aliphatic rings. The Bertz CT molecular complexity index is 665. The molecule has 19 heavy (non-hydrogen) atoms. The van der Waals surface area contributed by atoms with Crippen LogP contribution in [0, 0.1) is 0 Å². The van der Waals surface area contributed by atoms with Gasteiger partial charge in [-0.05, 0) is 13.8 Å². The number of hydrogen-bond donors (Lipinski definition) is 1. The van der Waals surface area contributed by atoms with E-state index in [-0.39, 0.29) is 16.5 Å². The van der Waals surface area contributed by atoms with Gasteiger partial charge in [0.2, 0.25) is 10.0 Å². The molecule has 108 valence electrons. The highest BCUT2D eigenvalue weighted by atomic mass is 32.2. The van der Waals surface area contributed by atoms with E-state index in [1.54, 1.807) is 13.8 Å². The maximum Gasteiger partial charge on any atom is 0.231 e. The average Bonchev–Trinajstić information content (AvgIpc) is 2.27. The molecule has 9 heteroatoms. The predicted octanol–water partition coefficient (Wildman–Crippen LogP) is 0.644. The topological polar surface area (TPSA) is 102 Å². The number of anilines is 1. The number of hydrogen-bond acceptors (Lipinski definition) is 6. The minimum atomic E-state index is -3.52. The molecule has 0 saturated heterocycles. The molecule has 0 fully saturated rings. The van der Waals surface area contributed by atoms with Crippen molar-refractivity contribution in [2.75, 3.05) is 18.1 Å². The van der Waals surface area contributed by atoms with Gasteiger partial charge in [-0.1, -0.05) is 0 Å². The second-order valence-electron chi connectivity index (χ2n) is 4.19. The zero-order valence-electron chi connectivity index (χ0n) is 11.0. The van der Waals surface area contributed by atoms with Crippen LogP contribution in [0.5, 0.6) is 5.75 Å². The summed E-state index contributed by atoms with van der Waals surface area (Å²) < 4.78 is 53.3. The van der Waals surface area contributed by atoms with Crippen LogP contribution in [0.25, 0.3) is 0 Å². The first kappa shape index (κ1) is 15.7. The van der Waals surface area contributed by atoms with E-state index in [0.29, 0.717) is 0 Å². The smallest absolute Gasteiger partial charge is 0.231 e. The Morgan fingerprint density at radius 3 is 2.26 bits per heavy atom. The van der Waals surface area contributed by atoms with E-state index in [9.17, 15) is 16.8 Å². The van der Waals surface area contributed by atoms with Gasteiger partial charge in [0.15, 0.2) is 21.4 Å². The second kappa shape index (κ2) is 5.33. The molecule has 0 saturated carbocycles. The van der Waals surface area contributed by atoms with Gasteiger partial charge in [-0.25, -0.2) is 21.8 Å². The molecule has 0 spiro atoms. The molecule has 0 unspecified atom stereocenters. The lowest BCUT2D eigenvalue weighted by molar-refractivity contribution is 0.413. The zero-order chi connectivity index (χ0) is 14.8. The van der Waals surface area contributed by atoms with Crippen LogP contribution in [0.2, 0.25) is 0 Å². The molecule has 7 nitrogen and oxygen atoms in total. The van der Waals surface area contributed by atoms with E-state index in [4.69, 9.17) is 4.74 Å². The van der Waals surface area contributed by atoms with E-state index in [1.807, 2.05) is 0 Å². The van der Waals surface area contributed by atoms with Crippen molar-refractivity contribution in [3.8, 4) is 5.75 Å². The first-order chi connectivity index (χ1) is 8.58. The zero-order valence-corrected chi connectivity index (χ0v) is 12.7. The van der Waals surface area contributed by atoms with E-state index >= 15 is 0 Å². The quantitative estimate of drug-likeness (QED) is 0.856.